The van der Waals surface area contributed by atoms with Gasteiger partial charge in [0.05, 0.1) is 18.1 Å². The number of nitro benzene ring substituents is 1. The Morgan fingerprint density at radius 2 is 1.78 bits per heavy atom. The standard InChI is InChI=1S/C23H28N4O5/c1-18-3-2-4-20(15-18)32-17-23(28)26-9-7-24(8-10-26)19-5-6-21(27(29)30)22(16-19)25-11-13-31-14-12-25/h2-6,15-16H,7-14,17H2,1H3. The number of aryl methyl sites for hydroxylation is 1. The Morgan fingerprint density at radius 3 is 2.47 bits per heavy atom. The molecule has 0 aromatic heterocycles. The van der Waals surface area contributed by atoms with E-state index >= 15 is 0 Å². The van der Waals surface area contributed by atoms with Gasteiger partial charge in [-0.3, -0.25) is 14.9 Å². The number of carbonyl (C=O) groups is 1. The van der Waals surface area contributed by atoms with E-state index in [1.54, 1.807) is 17.0 Å². The van der Waals surface area contributed by atoms with Crippen molar-refractivity contribution in [2.75, 3.05) is 68.9 Å². The number of nitro groups is 1. The Kier molecular flexibility index (Phi) is 6.75. The van der Waals surface area contributed by atoms with Gasteiger partial charge in [-0.05, 0) is 36.8 Å². The molecule has 2 saturated heterocycles. The zero-order chi connectivity index (χ0) is 22.5. The molecule has 2 aliphatic rings. The molecule has 1 amide bonds. The van der Waals surface area contributed by atoms with Gasteiger partial charge in [0.25, 0.3) is 11.6 Å². The van der Waals surface area contributed by atoms with Crippen molar-refractivity contribution in [2.24, 2.45) is 0 Å². The van der Waals surface area contributed by atoms with Crippen molar-refractivity contribution < 1.29 is 19.2 Å². The van der Waals surface area contributed by atoms with Crippen molar-refractivity contribution >= 4 is 23.0 Å². The molecule has 9 nitrogen and oxygen atoms in total. The molecule has 0 spiro atoms. The molecule has 0 bridgehead atoms. The molecule has 2 heterocycles. The lowest BCUT2D eigenvalue weighted by Crippen LogP contribution is -2.50. The summed E-state index contributed by atoms with van der Waals surface area (Å²) in [6.45, 7) is 6.88. The Morgan fingerprint density at radius 1 is 1.03 bits per heavy atom. The Bertz CT molecular complexity index is 969. The van der Waals surface area contributed by atoms with Crippen LogP contribution in [0.1, 0.15) is 5.56 Å². The first-order valence-electron chi connectivity index (χ1n) is 10.8. The maximum Gasteiger partial charge on any atom is 0.292 e. The van der Waals surface area contributed by atoms with Crippen LogP contribution in [-0.4, -0.2) is 74.8 Å². The number of rotatable bonds is 6. The second kappa shape index (κ2) is 9.86. The lowest BCUT2D eigenvalue weighted by molar-refractivity contribution is -0.384. The molecule has 2 aromatic rings. The van der Waals surface area contributed by atoms with E-state index in [9.17, 15) is 14.9 Å². The first-order valence-corrected chi connectivity index (χ1v) is 10.8. The van der Waals surface area contributed by atoms with Gasteiger partial charge in [0.2, 0.25) is 0 Å². The highest BCUT2D eigenvalue weighted by Gasteiger charge is 2.26. The predicted molar refractivity (Wildman–Crippen MR) is 122 cm³/mol. The summed E-state index contributed by atoms with van der Waals surface area (Å²) in [7, 11) is 0. The van der Waals surface area contributed by atoms with Gasteiger partial charge in [0, 0.05) is 51.0 Å². The van der Waals surface area contributed by atoms with Crippen molar-refractivity contribution in [3.05, 3.63) is 58.1 Å². The Hall–Kier alpha value is -3.33. The molecule has 0 aliphatic carbocycles. The van der Waals surface area contributed by atoms with Crippen molar-refractivity contribution in [1.82, 2.24) is 4.90 Å². The molecule has 32 heavy (non-hydrogen) atoms. The minimum atomic E-state index is -0.334. The number of ether oxygens (including phenoxy) is 2. The van der Waals surface area contributed by atoms with Crippen molar-refractivity contribution in [2.45, 2.75) is 6.92 Å². The molecule has 0 radical (unpaired) electrons. The molecule has 4 rings (SSSR count). The minimum absolute atomic E-state index is 0.0160. The Labute approximate surface area is 187 Å². The number of piperazine rings is 1. The van der Waals surface area contributed by atoms with Gasteiger partial charge in [-0.25, -0.2) is 0 Å². The van der Waals surface area contributed by atoms with Gasteiger partial charge in [-0.1, -0.05) is 12.1 Å². The van der Waals surface area contributed by atoms with E-state index in [4.69, 9.17) is 9.47 Å². The van der Waals surface area contributed by atoms with Gasteiger partial charge < -0.3 is 24.2 Å². The van der Waals surface area contributed by atoms with Gasteiger partial charge in [-0.2, -0.15) is 0 Å². The highest BCUT2D eigenvalue weighted by Crippen LogP contribution is 2.33. The lowest BCUT2D eigenvalue weighted by Gasteiger charge is -2.36. The highest BCUT2D eigenvalue weighted by molar-refractivity contribution is 5.78. The monoisotopic (exact) mass is 440 g/mol. The molecule has 170 valence electrons. The van der Waals surface area contributed by atoms with E-state index in [1.165, 1.54) is 0 Å². The average Bonchev–Trinajstić information content (AvgIpc) is 2.83. The molecule has 0 atom stereocenters. The second-order valence-electron chi connectivity index (χ2n) is 8.00. The van der Waals surface area contributed by atoms with Crippen LogP contribution in [0.2, 0.25) is 0 Å². The van der Waals surface area contributed by atoms with E-state index in [0.29, 0.717) is 63.9 Å². The quantitative estimate of drug-likeness (QED) is 0.504. The summed E-state index contributed by atoms with van der Waals surface area (Å²) in [5.74, 6) is 0.655. The summed E-state index contributed by atoms with van der Waals surface area (Å²) < 4.78 is 11.0. The summed E-state index contributed by atoms with van der Waals surface area (Å²) in [5, 5.41) is 11.5. The van der Waals surface area contributed by atoms with Gasteiger partial charge in [0.15, 0.2) is 6.61 Å². The fraction of sp³-hybridized carbons (Fsp3) is 0.435. The van der Waals surface area contributed by atoms with Crippen LogP contribution in [0.15, 0.2) is 42.5 Å². The van der Waals surface area contributed by atoms with Crippen molar-refractivity contribution in [3.8, 4) is 5.75 Å². The van der Waals surface area contributed by atoms with Gasteiger partial charge in [0.1, 0.15) is 11.4 Å². The summed E-state index contributed by atoms with van der Waals surface area (Å²) in [6.07, 6.45) is 0. The molecular formula is C23H28N4O5. The number of benzene rings is 2. The zero-order valence-corrected chi connectivity index (χ0v) is 18.2. The smallest absolute Gasteiger partial charge is 0.292 e. The number of amides is 1. The molecular weight excluding hydrogens is 412 g/mol. The second-order valence-corrected chi connectivity index (χ2v) is 8.00. The number of hydrogen-bond acceptors (Lipinski definition) is 7. The fourth-order valence-electron chi connectivity index (χ4n) is 4.08. The average molecular weight is 441 g/mol. The van der Waals surface area contributed by atoms with Gasteiger partial charge in [-0.15, -0.1) is 0 Å². The largest absolute Gasteiger partial charge is 0.484 e. The molecule has 9 heteroatoms. The summed E-state index contributed by atoms with van der Waals surface area (Å²) in [4.78, 5) is 29.7. The zero-order valence-electron chi connectivity index (χ0n) is 18.2. The highest BCUT2D eigenvalue weighted by atomic mass is 16.6. The third kappa shape index (κ3) is 5.11. The topological polar surface area (TPSA) is 88.4 Å². The third-order valence-electron chi connectivity index (χ3n) is 5.86. The SMILES string of the molecule is Cc1cccc(OCC(=O)N2CCN(c3ccc([N+](=O)[O-])c(N4CCOCC4)c3)CC2)c1. The van der Waals surface area contributed by atoms with Gasteiger partial charge >= 0.3 is 0 Å². The molecule has 0 N–H and O–H groups in total. The van der Waals surface area contributed by atoms with E-state index in [2.05, 4.69) is 4.90 Å². The number of nitrogens with zero attached hydrogens (tertiary/aromatic N) is 4. The van der Waals surface area contributed by atoms with Crippen LogP contribution in [0.3, 0.4) is 0 Å². The van der Waals surface area contributed by atoms with E-state index < -0.39 is 0 Å². The molecule has 0 saturated carbocycles. The maximum absolute atomic E-state index is 12.6. The molecule has 0 unspecified atom stereocenters. The predicted octanol–water partition coefficient (Wildman–Crippen LogP) is 2.47. The van der Waals surface area contributed by atoms with E-state index in [-0.39, 0.29) is 23.1 Å². The number of hydrogen-bond donors (Lipinski definition) is 0. The van der Waals surface area contributed by atoms with Crippen LogP contribution < -0.4 is 14.5 Å². The van der Waals surface area contributed by atoms with E-state index in [0.717, 1.165) is 11.3 Å². The van der Waals surface area contributed by atoms with Crippen LogP contribution >= 0.6 is 0 Å². The molecule has 2 aliphatic heterocycles. The summed E-state index contributed by atoms with van der Waals surface area (Å²) >= 11 is 0. The summed E-state index contributed by atoms with van der Waals surface area (Å²) in [6, 6.07) is 12.9. The summed E-state index contributed by atoms with van der Waals surface area (Å²) in [5.41, 5.74) is 2.75. The van der Waals surface area contributed by atoms with Crippen molar-refractivity contribution in [1.29, 1.82) is 0 Å². The van der Waals surface area contributed by atoms with Crippen LogP contribution in [0, 0.1) is 17.0 Å². The third-order valence-corrected chi connectivity index (χ3v) is 5.86. The normalized spacial score (nSPS) is 16.7. The fourth-order valence-corrected chi connectivity index (χ4v) is 4.08. The number of carbonyl (C=O) groups excluding carboxylic acids is 1. The van der Waals surface area contributed by atoms with Crippen LogP contribution in [0.25, 0.3) is 0 Å². The van der Waals surface area contributed by atoms with Crippen molar-refractivity contribution in [3.63, 3.8) is 0 Å². The van der Waals surface area contributed by atoms with Crippen LogP contribution in [0.4, 0.5) is 17.1 Å². The van der Waals surface area contributed by atoms with E-state index in [1.807, 2.05) is 42.2 Å². The maximum atomic E-state index is 12.6. The lowest BCUT2D eigenvalue weighted by atomic mass is 10.1. The minimum Gasteiger partial charge on any atom is -0.484 e. The van der Waals surface area contributed by atoms with Crippen LogP contribution in [-0.2, 0) is 9.53 Å². The first kappa shape index (κ1) is 21.9. The molecule has 2 fully saturated rings. The number of morpholine rings is 1. The Balaban J connectivity index is 1.37. The van der Waals surface area contributed by atoms with Crippen LogP contribution in [0.5, 0.6) is 5.75 Å². The molecule has 2 aromatic carbocycles. The first-order chi connectivity index (χ1) is 15.5. The number of anilines is 2.